The molecule has 2 rings (SSSR count). The van der Waals surface area contributed by atoms with E-state index in [4.69, 9.17) is 0 Å². The topological polar surface area (TPSA) is 0 Å². The fraction of sp³-hybridized carbons (Fsp3) is 0.471. The first kappa shape index (κ1) is 22.6. The predicted octanol–water partition coefficient (Wildman–Crippen LogP) is -0.841. The van der Waals surface area contributed by atoms with Gasteiger partial charge in [-0.3, -0.25) is 0 Å². The molecule has 0 N–H and O–H groups in total. The third-order valence-electron chi connectivity index (χ3n) is 3.45. The van der Waals surface area contributed by atoms with Crippen molar-refractivity contribution in [3.8, 4) is 0 Å². The van der Waals surface area contributed by atoms with Gasteiger partial charge in [-0.1, -0.05) is 52.5 Å². The Morgan fingerprint density at radius 2 is 1.40 bits per heavy atom. The van der Waals surface area contributed by atoms with Gasteiger partial charge in [0.15, 0.2) is 0 Å². The first-order valence-electron chi connectivity index (χ1n) is 6.40. The Kier molecular flexibility index (Phi) is 8.49. The van der Waals surface area contributed by atoms with Gasteiger partial charge in [0.2, 0.25) is 0 Å². The van der Waals surface area contributed by atoms with Crippen LogP contribution in [0.15, 0.2) is 30.3 Å². The molecule has 0 saturated heterocycles. The van der Waals surface area contributed by atoms with E-state index in [2.05, 4.69) is 71.9 Å². The quantitative estimate of drug-likeness (QED) is 0.516. The Bertz CT molecular complexity index is 542. The molecule has 0 nitrogen and oxygen atoms in total. The van der Waals surface area contributed by atoms with Gasteiger partial charge in [0.05, 0.1) is 0 Å². The summed E-state index contributed by atoms with van der Waals surface area (Å²) in [5, 5.41) is 2.79. The van der Waals surface area contributed by atoms with Gasteiger partial charge in [-0.25, -0.2) is 0 Å². The minimum Gasteiger partial charge on any atom is -1.00 e. The van der Waals surface area contributed by atoms with Crippen LogP contribution in [-0.4, -0.2) is 0 Å². The summed E-state index contributed by atoms with van der Waals surface area (Å²) < 4.78 is 0. The first-order valence-corrected chi connectivity index (χ1v) is 6.40. The molecule has 20 heavy (non-hydrogen) atoms. The molecule has 0 aliphatic heterocycles. The van der Waals surface area contributed by atoms with Crippen LogP contribution >= 0.6 is 0 Å². The zero-order valence-electron chi connectivity index (χ0n) is 13.1. The standard InChI is InChI=1S/C17H23.2ClH.Zr/c1-16(2,3)13-9-7-12-8-10-15(14(12)11-13)17(4,5)6;;;/h7-11H,1-6H3;2*1H;/q-1;;;+3/p-2. The fourth-order valence-corrected chi connectivity index (χ4v) is 2.32. The second-order valence-corrected chi connectivity index (χ2v) is 7.05. The number of halogens is 2. The van der Waals surface area contributed by atoms with Crippen LogP contribution in [0.4, 0.5) is 0 Å². The third-order valence-corrected chi connectivity index (χ3v) is 3.45. The molecular weight excluding hydrogens is 366 g/mol. The molecular formula is C17H23Cl2Zr. The Balaban J connectivity index is 0. The summed E-state index contributed by atoms with van der Waals surface area (Å²) in [5.41, 5.74) is 3.32. The maximum Gasteiger partial charge on any atom is 3.00 e. The van der Waals surface area contributed by atoms with Crippen molar-refractivity contribution in [1.29, 1.82) is 0 Å². The molecule has 109 valence electrons. The molecule has 2 aromatic carbocycles. The molecule has 0 heterocycles. The predicted molar refractivity (Wildman–Crippen MR) is 76.9 cm³/mol. The van der Waals surface area contributed by atoms with Crippen LogP contribution in [0.5, 0.6) is 0 Å². The van der Waals surface area contributed by atoms with Crippen LogP contribution in [-0.2, 0) is 37.0 Å². The average molecular weight is 390 g/mol. The Labute approximate surface area is 155 Å². The van der Waals surface area contributed by atoms with Crippen LogP contribution in [0, 0.1) is 0 Å². The minimum absolute atomic E-state index is 0. The first-order chi connectivity index (χ1) is 7.69. The molecule has 0 aromatic heterocycles. The molecule has 0 atom stereocenters. The van der Waals surface area contributed by atoms with Crippen molar-refractivity contribution in [2.75, 3.05) is 0 Å². The molecule has 0 aliphatic carbocycles. The molecule has 1 radical (unpaired) electrons. The van der Waals surface area contributed by atoms with E-state index >= 15 is 0 Å². The van der Waals surface area contributed by atoms with E-state index in [0.29, 0.717) is 0 Å². The molecule has 0 unspecified atom stereocenters. The zero-order chi connectivity index (χ0) is 12.8. The van der Waals surface area contributed by atoms with Gasteiger partial charge in [0.1, 0.15) is 0 Å². The largest absolute Gasteiger partial charge is 3.00 e. The zero-order valence-corrected chi connectivity index (χ0v) is 17.1. The number of fused-ring (bicyclic) bond motifs is 1. The summed E-state index contributed by atoms with van der Waals surface area (Å²) >= 11 is 0. The van der Waals surface area contributed by atoms with E-state index in [1.807, 2.05) is 0 Å². The number of hydrogen-bond donors (Lipinski definition) is 0. The second kappa shape index (κ2) is 7.52. The maximum absolute atomic E-state index is 2.37. The van der Waals surface area contributed by atoms with Crippen molar-refractivity contribution in [1.82, 2.24) is 0 Å². The van der Waals surface area contributed by atoms with Gasteiger partial charge in [-0.15, -0.1) is 46.7 Å². The van der Waals surface area contributed by atoms with Crippen molar-refractivity contribution >= 4 is 10.8 Å². The normalized spacial score (nSPS) is 11.3. The van der Waals surface area contributed by atoms with E-state index < -0.39 is 0 Å². The van der Waals surface area contributed by atoms with Crippen LogP contribution in [0.3, 0.4) is 0 Å². The summed E-state index contributed by atoms with van der Waals surface area (Å²) in [6.45, 7) is 13.7. The molecule has 0 bridgehead atoms. The van der Waals surface area contributed by atoms with E-state index in [9.17, 15) is 0 Å². The van der Waals surface area contributed by atoms with Crippen LogP contribution in [0.25, 0.3) is 10.8 Å². The van der Waals surface area contributed by atoms with Crippen LogP contribution in [0.2, 0.25) is 0 Å². The number of hydrogen-bond acceptors (Lipinski definition) is 0. The van der Waals surface area contributed by atoms with Gasteiger partial charge < -0.3 is 24.8 Å². The average Bonchev–Trinajstić information content (AvgIpc) is 2.57. The molecule has 0 amide bonds. The van der Waals surface area contributed by atoms with Gasteiger partial charge in [-0.05, 0) is 5.41 Å². The number of benzene rings is 1. The Morgan fingerprint density at radius 1 is 0.850 bits per heavy atom. The van der Waals surface area contributed by atoms with Crippen LogP contribution in [0.1, 0.15) is 52.7 Å². The van der Waals surface area contributed by atoms with Crippen molar-refractivity contribution in [2.45, 2.75) is 52.4 Å². The second-order valence-electron chi connectivity index (χ2n) is 7.05. The maximum atomic E-state index is 2.37. The molecule has 0 fully saturated rings. The summed E-state index contributed by atoms with van der Waals surface area (Å²) in [7, 11) is 0. The minimum atomic E-state index is 0. The molecule has 0 aliphatic rings. The monoisotopic (exact) mass is 387 g/mol. The van der Waals surface area contributed by atoms with Gasteiger partial charge in [0.25, 0.3) is 0 Å². The smallest absolute Gasteiger partial charge is 1.00 e. The van der Waals surface area contributed by atoms with Crippen molar-refractivity contribution < 1.29 is 51.0 Å². The van der Waals surface area contributed by atoms with Crippen molar-refractivity contribution in [3.05, 3.63) is 41.5 Å². The van der Waals surface area contributed by atoms with E-state index in [1.165, 1.54) is 21.9 Å². The molecule has 2 aromatic rings. The van der Waals surface area contributed by atoms with E-state index in [0.717, 1.165) is 0 Å². The number of rotatable bonds is 0. The van der Waals surface area contributed by atoms with Gasteiger partial charge in [-0.2, -0.15) is 0 Å². The van der Waals surface area contributed by atoms with Gasteiger partial charge in [0, 0.05) is 0 Å². The summed E-state index contributed by atoms with van der Waals surface area (Å²) in [6.07, 6.45) is 0. The SMILES string of the molecule is CC(C)(C)c1ccc2[cH-]cc(C(C)(C)C)c2c1.[Cl-].[Cl-].[Zr+3]. The van der Waals surface area contributed by atoms with Gasteiger partial charge >= 0.3 is 26.2 Å². The van der Waals surface area contributed by atoms with Crippen molar-refractivity contribution in [3.63, 3.8) is 0 Å². The molecule has 0 saturated carbocycles. The summed E-state index contributed by atoms with van der Waals surface area (Å²) in [4.78, 5) is 0. The van der Waals surface area contributed by atoms with E-state index in [-0.39, 0.29) is 61.8 Å². The Morgan fingerprint density at radius 3 is 1.85 bits per heavy atom. The Hall–Kier alpha value is 0.293. The van der Waals surface area contributed by atoms with E-state index in [1.54, 1.807) is 0 Å². The van der Waals surface area contributed by atoms with Crippen LogP contribution < -0.4 is 24.8 Å². The fourth-order valence-electron chi connectivity index (χ4n) is 2.32. The van der Waals surface area contributed by atoms with Crippen molar-refractivity contribution in [2.24, 2.45) is 0 Å². The molecule has 0 spiro atoms. The third kappa shape index (κ3) is 4.65. The molecule has 3 heteroatoms. The summed E-state index contributed by atoms with van der Waals surface area (Å²) in [6, 6.07) is 11.4. The summed E-state index contributed by atoms with van der Waals surface area (Å²) in [5.74, 6) is 0.